The Bertz CT molecular complexity index is 1100. The first-order valence-corrected chi connectivity index (χ1v) is 10.7. The molecule has 3 N–H and O–H groups in total. The highest BCUT2D eigenvalue weighted by molar-refractivity contribution is 5.82. The maximum atomic E-state index is 13.7. The minimum Gasteiger partial charge on any atom is -0.375 e. The molecule has 168 valence electrons. The predicted molar refractivity (Wildman–Crippen MR) is 120 cm³/mol. The first-order valence-electron chi connectivity index (χ1n) is 10.7. The third-order valence-electron chi connectivity index (χ3n) is 5.82. The van der Waals surface area contributed by atoms with Crippen molar-refractivity contribution in [3.05, 3.63) is 83.3 Å². The standard InChI is InChI=1S/C25H26F3N3O/c26-18-3-6-22(28)17(12-18)2-1-10-30-20-5-8-25(32-15-20)23(29)13-16-9-11-31-24-7-4-19(27)14-21(16)24/h1-4,6-7,9,11-12,14,20,23,25,30H,5,8,10,13,15,29H2/t20-,23+,25+/m1/s1. The van der Waals surface area contributed by atoms with Crippen molar-refractivity contribution in [2.75, 3.05) is 13.2 Å². The van der Waals surface area contributed by atoms with E-state index in [1.54, 1.807) is 24.4 Å². The summed E-state index contributed by atoms with van der Waals surface area (Å²) in [6.07, 6.45) is 7.24. The molecule has 0 saturated carbocycles. The second kappa shape index (κ2) is 10.3. The van der Waals surface area contributed by atoms with Crippen LogP contribution in [0.15, 0.2) is 54.7 Å². The Kier molecular flexibility index (Phi) is 7.19. The van der Waals surface area contributed by atoms with Gasteiger partial charge in [0.2, 0.25) is 0 Å². The molecule has 2 heterocycles. The summed E-state index contributed by atoms with van der Waals surface area (Å²) in [7, 11) is 0. The van der Waals surface area contributed by atoms with Gasteiger partial charge in [-0.05, 0) is 67.3 Å². The molecular weight excluding hydrogens is 415 g/mol. The lowest BCUT2D eigenvalue weighted by molar-refractivity contribution is -0.0156. The topological polar surface area (TPSA) is 60.2 Å². The molecule has 2 aromatic carbocycles. The molecule has 0 unspecified atom stereocenters. The van der Waals surface area contributed by atoms with Crippen LogP contribution in [0.2, 0.25) is 0 Å². The molecule has 1 fully saturated rings. The summed E-state index contributed by atoms with van der Waals surface area (Å²) >= 11 is 0. The maximum absolute atomic E-state index is 13.7. The monoisotopic (exact) mass is 441 g/mol. The molecule has 3 aromatic rings. The lowest BCUT2D eigenvalue weighted by atomic mass is 9.94. The lowest BCUT2D eigenvalue weighted by Crippen LogP contribution is -2.47. The van der Waals surface area contributed by atoms with E-state index in [2.05, 4.69) is 10.3 Å². The van der Waals surface area contributed by atoms with Gasteiger partial charge >= 0.3 is 0 Å². The summed E-state index contributed by atoms with van der Waals surface area (Å²) in [5.41, 5.74) is 8.36. The molecule has 0 radical (unpaired) electrons. The quantitative estimate of drug-likeness (QED) is 0.572. The Balaban J connectivity index is 1.26. The first-order chi connectivity index (χ1) is 15.5. The van der Waals surface area contributed by atoms with Gasteiger partial charge in [0.05, 0.1) is 18.2 Å². The number of ether oxygens (including phenoxy) is 1. The van der Waals surface area contributed by atoms with Gasteiger partial charge in [0, 0.05) is 35.8 Å². The molecule has 0 amide bonds. The molecule has 4 nitrogen and oxygen atoms in total. The van der Waals surface area contributed by atoms with E-state index in [1.807, 2.05) is 6.07 Å². The van der Waals surface area contributed by atoms with Crippen LogP contribution in [0.4, 0.5) is 13.2 Å². The highest BCUT2D eigenvalue weighted by Crippen LogP contribution is 2.23. The number of pyridine rings is 1. The van der Waals surface area contributed by atoms with Crippen LogP contribution in [-0.4, -0.2) is 36.3 Å². The van der Waals surface area contributed by atoms with E-state index < -0.39 is 11.6 Å². The van der Waals surface area contributed by atoms with Gasteiger partial charge in [-0.25, -0.2) is 13.2 Å². The molecule has 1 aromatic heterocycles. The molecule has 7 heteroatoms. The molecular formula is C25H26F3N3O. The number of nitrogens with one attached hydrogen (secondary N) is 1. The van der Waals surface area contributed by atoms with Crippen molar-refractivity contribution in [1.29, 1.82) is 0 Å². The van der Waals surface area contributed by atoms with E-state index in [4.69, 9.17) is 10.5 Å². The zero-order chi connectivity index (χ0) is 22.5. The Morgan fingerprint density at radius 3 is 2.72 bits per heavy atom. The molecule has 0 bridgehead atoms. The summed E-state index contributed by atoms with van der Waals surface area (Å²) < 4.78 is 46.5. The van der Waals surface area contributed by atoms with Crippen molar-refractivity contribution < 1.29 is 17.9 Å². The minimum absolute atomic E-state index is 0.0817. The number of rotatable bonds is 7. The zero-order valence-electron chi connectivity index (χ0n) is 17.6. The third-order valence-corrected chi connectivity index (χ3v) is 5.82. The fraction of sp³-hybridized carbons (Fsp3) is 0.320. The van der Waals surface area contributed by atoms with Gasteiger partial charge in [-0.3, -0.25) is 4.98 Å². The Morgan fingerprint density at radius 1 is 1.09 bits per heavy atom. The van der Waals surface area contributed by atoms with Gasteiger partial charge < -0.3 is 15.8 Å². The number of fused-ring (bicyclic) bond motifs is 1. The van der Waals surface area contributed by atoms with Crippen molar-refractivity contribution >= 4 is 17.0 Å². The summed E-state index contributed by atoms with van der Waals surface area (Å²) in [4.78, 5) is 4.28. The van der Waals surface area contributed by atoms with Crippen LogP contribution in [0.5, 0.6) is 0 Å². The van der Waals surface area contributed by atoms with Gasteiger partial charge in [0.15, 0.2) is 0 Å². The Labute approximate surface area is 185 Å². The summed E-state index contributed by atoms with van der Waals surface area (Å²) in [5, 5.41) is 4.12. The van der Waals surface area contributed by atoms with Crippen LogP contribution in [0, 0.1) is 17.5 Å². The van der Waals surface area contributed by atoms with E-state index in [1.165, 1.54) is 18.2 Å². The number of hydrogen-bond donors (Lipinski definition) is 2. The number of nitrogens with zero attached hydrogens (tertiary/aromatic N) is 1. The van der Waals surface area contributed by atoms with Crippen molar-refractivity contribution in [1.82, 2.24) is 10.3 Å². The molecule has 1 aliphatic rings. The molecule has 1 aliphatic heterocycles. The van der Waals surface area contributed by atoms with Crippen LogP contribution in [0.3, 0.4) is 0 Å². The zero-order valence-corrected chi connectivity index (χ0v) is 17.6. The fourth-order valence-corrected chi connectivity index (χ4v) is 4.07. The largest absolute Gasteiger partial charge is 0.375 e. The predicted octanol–water partition coefficient (Wildman–Crippen LogP) is 4.37. The van der Waals surface area contributed by atoms with Gasteiger partial charge in [-0.1, -0.05) is 12.2 Å². The number of aromatic nitrogens is 1. The van der Waals surface area contributed by atoms with Gasteiger partial charge in [-0.15, -0.1) is 0 Å². The molecule has 0 aliphatic carbocycles. The van der Waals surface area contributed by atoms with Gasteiger partial charge in [0.25, 0.3) is 0 Å². The van der Waals surface area contributed by atoms with Crippen LogP contribution in [-0.2, 0) is 11.2 Å². The van der Waals surface area contributed by atoms with Gasteiger partial charge in [0.1, 0.15) is 17.5 Å². The van der Waals surface area contributed by atoms with Crippen molar-refractivity contribution in [2.24, 2.45) is 5.73 Å². The second-order valence-corrected chi connectivity index (χ2v) is 8.12. The van der Waals surface area contributed by atoms with E-state index in [9.17, 15) is 13.2 Å². The van der Waals surface area contributed by atoms with Crippen LogP contribution < -0.4 is 11.1 Å². The minimum atomic E-state index is -0.466. The average Bonchev–Trinajstić information content (AvgIpc) is 2.79. The van der Waals surface area contributed by atoms with E-state index in [-0.39, 0.29) is 29.6 Å². The second-order valence-electron chi connectivity index (χ2n) is 8.12. The van der Waals surface area contributed by atoms with Crippen LogP contribution in [0.1, 0.15) is 24.0 Å². The van der Waals surface area contributed by atoms with E-state index in [0.717, 1.165) is 41.4 Å². The number of halogens is 3. The summed E-state index contributed by atoms with van der Waals surface area (Å²) in [5.74, 6) is -1.21. The molecule has 0 spiro atoms. The summed E-state index contributed by atoms with van der Waals surface area (Å²) in [6, 6.07) is 9.79. The smallest absolute Gasteiger partial charge is 0.130 e. The number of benzene rings is 2. The number of nitrogens with two attached hydrogens (primary N) is 1. The SMILES string of the molecule is N[C@@H](Cc1ccnc2ccc(F)cc12)[C@@H]1CC[C@@H](NCC=Cc2cc(F)ccc2F)CO1. The third kappa shape index (κ3) is 5.54. The first kappa shape index (κ1) is 22.5. The molecule has 4 rings (SSSR count). The highest BCUT2D eigenvalue weighted by atomic mass is 19.1. The van der Waals surface area contributed by atoms with E-state index >= 15 is 0 Å². The van der Waals surface area contributed by atoms with Crippen LogP contribution >= 0.6 is 0 Å². The van der Waals surface area contributed by atoms with Crippen LogP contribution in [0.25, 0.3) is 17.0 Å². The van der Waals surface area contributed by atoms with Crippen molar-refractivity contribution in [3.63, 3.8) is 0 Å². The summed E-state index contributed by atoms with van der Waals surface area (Å²) in [6.45, 7) is 1.04. The molecule has 1 saturated heterocycles. The van der Waals surface area contributed by atoms with E-state index in [0.29, 0.717) is 19.6 Å². The maximum Gasteiger partial charge on any atom is 0.130 e. The highest BCUT2D eigenvalue weighted by Gasteiger charge is 2.26. The fourth-order valence-electron chi connectivity index (χ4n) is 4.07. The molecule has 3 atom stereocenters. The number of hydrogen-bond acceptors (Lipinski definition) is 4. The Hall–Kier alpha value is -2.74. The lowest BCUT2D eigenvalue weighted by Gasteiger charge is -2.33. The molecule has 32 heavy (non-hydrogen) atoms. The average molecular weight is 441 g/mol. The normalized spacial score (nSPS) is 20.1. The Morgan fingerprint density at radius 2 is 1.91 bits per heavy atom. The van der Waals surface area contributed by atoms with Crippen molar-refractivity contribution in [2.45, 2.75) is 37.5 Å². The van der Waals surface area contributed by atoms with Gasteiger partial charge in [-0.2, -0.15) is 0 Å². The van der Waals surface area contributed by atoms with Crippen molar-refractivity contribution in [3.8, 4) is 0 Å².